The average molecular weight is 228 g/mol. The highest BCUT2D eigenvalue weighted by Crippen LogP contribution is 2.29. The first-order valence-corrected chi connectivity index (χ1v) is 4.65. The van der Waals surface area contributed by atoms with Crippen LogP contribution >= 0.6 is 0 Å². The highest BCUT2D eigenvalue weighted by Gasteiger charge is 2.30. The van der Waals surface area contributed by atoms with Gasteiger partial charge in [0.1, 0.15) is 0 Å². The molecule has 0 fully saturated rings. The summed E-state index contributed by atoms with van der Waals surface area (Å²) in [4.78, 5) is 1.65. The number of nitrogens with zero attached hydrogens (tertiary/aromatic N) is 2. The highest BCUT2D eigenvalue weighted by molar-refractivity contribution is 5.25. The Morgan fingerprint density at radius 3 is 2.62 bits per heavy atom. The molecular weight excluding hydrogens is 217 g/mol. The summed E-state index contributed by atoms with van der Waals surface area (Å²) in [5.74, 6) is 0. The molecule has 1 aromatic rings. The second-order valence-corrected chi connectivity index (χ2v) is 3.53. The third-order valence-electron chi connectivity index (χ3n) is 2.05. The van der Waals surface area contributed by atoms with Gasteiger partial charge >= 0.3 is 6.18 Å². The number of halogens is 3. The third kappa shape index (κ3) is 3.55. The molecule has 0 aromatic heterocycles. The molecule has 0 atom stereocenters. The summed E-state index contributed by atoms with van der Waals surface area (Å²) in [6.07, 6.45) is -4.32. The van der Waals surface area contributed by atoms with E-state index in [4.69, 9.17) is 5.26 Å². The summed E-state index contributed by atoms with van der Waals surface area (Å²) in [5, 5.41) is 8.43. The molecule has 0 spiro atoms. The van der Waals surface area contributed by atoms with Crippen LogP contribution in [0.15, 0.2) is 24.3 Å². The van der Waals surface area contributed by atoms with Crippen LogP contribution in [0.5, 0.6) is 0 Å². The van der Waals surface area contributed by atoms with Crippen molar-refractivity contribution in [2.75, 3.05) is 13.6 Å². The topological polar surface area (TPSA) is 27.0 Å². The summed E-state index contributed by atoms with van der Waals surface area (Å²) in [5.41, 5.74) is -0.108. The van der Waals surface area contributed by atoms with Crippen LogP contribution in [0.25, 0.3) is 0 Å². The zero-order chi connectivity index (χ0) is 12.2. The van der Waals surface area contributed by atoms with Gasteiger partial charge in [-0.3, -0.25) is 4.90 Å². The maximum atomic E-state index is 12.4. The van der Waals surface area contributed by atoms with Gasteiger partial charge in [-0.15, -0.1) is 0 Å². The standard InChI is InChI=1S/C11H11F3N2/c1-16(6-5-15)8-9-3-2-4-10(7-9)11(12,13)14/h2-4,7H,6,8H2,1H3. The number of nitriles is 1. The predicted octanol–water partition coefficient (Wildman–Crippen LogP) is 2.66. The molecule has 86 valence electrons. The molecule has 0 N–H and O–H groups in total. The van der Waals surface area contributed by atoms with Crippen molar-refractivity contribution in [2.24, 2.45) is 0 Å². The van der Waals surface area contributed by atoms with E-state index in [1.807, 2.05) is 6.07 Å². The fourth-order valence-electron chi connectivity index (χ4n) is 1.33. The van der Waals surface area contributed by atoms with Gasteiger partial charge in [0, 0.05) is 6.54 Å². The average Bonchev–Trinajstić information content (AvgIpc) is 2.17. The van der Waals surface area contributed by atoms with Crippen LogP contribution in [0, 0.1) is 11.3 Å². The van der Waals surface area contributed by atoms with E-state index >= 15 is 0 Å². The minimum Gasteiger partial charge on any atom is -0.289 e. The highest BCUT2D eigenvalue weighted by atomic mass is 19.4. The quantitative estimate of drug-likeness (QED) is 0.743. The second-order valence-electron chi connectivity index (χ2n) is 3.53. The number of benzene rings is 1. The maximum absolute atomic E-state index is 12.4. The van der Waals surface area contributed by atoms with Crippen molar-refractivity contribution in [1.82, 2.24) is 4.90 Å². The number of alkyl halides is 3. The monoisotopic (exact) mass is 228 g/mol. The summed E-state index contributed by atoms with van der Waals surface area (Å²) < 4.78 is 37.2. The first kappa shape index (κ1) is 12.5. The Labute approximate surface area is 91.9 Å². The Balaban J connectivity index is 2.80. The van der Waals surface area contributed by atoms with Gasteiger partial charge in [-0.1, -0.05) is 18.2 Å². The normalized spacial score (nSPS) is 11.5. The van der Waals surface area contributed by atoms with Crippen molar-refractivity contribution in [1.29, 1.82) is 5.26 Å². The van der Waals surface area contributed by atoms with E-state index in [1.165, 1.54) is 6.07 Å². The van der Waals surface area contributed by atoms with Crippen LogP contribution in [0.3, 0.4) is 0 Å². The molecule has 0 unspecified atom stereocenters. The maximum Gasteiger partial charge on any atom is 0.416 e. The van der Waals surface area contributed by atoms with Gasteiger partial charge in [0.25, 0.3) is 0 Å². The van der Waals surface area contributed by atoms with Gasteiger partial charge in [-0.05, 0) is 18.7 Å². The van der Waals surface area contributed by atoms with Gasteiger partial charge < -0.3 is 0 Å². The summed E-state index contributed by atoms with van der Waals surface area (Å²) >= 11 is 0. The zero-order valence-electron chi connectivity index (χ0n) is 8.75. The lowest BCUT2D eigenvalue weighted by Gasteiger charge is -2.14. The molecule has 0 aliphatic carbocycles. The first-order chi connectivity index (χ1) is 7.43. The van der Waals surface area contributed by atoms with E-state index in [0.29, 0.717) is 12.1 Å². The van der Waals surface area contributed by atoms with E-state index in [1.54, 1.807) is 18.0 Å². The minimum absolute atomic E-state index is 0.191. The molecule has 5 heteroatoms. The molecule has 0 bridgehead atoms. The molecular formula is C11H11F3N2. The lowest BCUT2D eigenvalue weighted by molar-refractivity contribution is -0.137. The SMILES string of the molecule is CN(CC#N)Cc1cccc(C(F)(F)F)c1. The third-order valence-corrected chi connectivity index (χ3v) is 2.05. The number of rotatable bonds is 3. The van der Waals surface area contributed by atoms with Gasteiger partial charge in [-0.25, -0.2) is 0 Å². The molecule has 0 aliphatic heterocycles. The van der Waals surface area contributed by atoms with E-state index in [0.717, 1.165) is 12.1 Å². The molecule has 0 heterocycles. The Morgan fingerprint density at radius 2 is 2.06 bits per heavy atom. The number of hydrogen-bond donors (Lipinski definition) is 0. The van der Waals surface area contributed by atoms with Gasteiger partial charge in [0.2, 0.25) is 0 Å². The smallest absolute Gasteiger partial charge is 0.289 e. The van der Waals surface area contributed by atoms with Crippen LogP contribution in [0.4, 0.5) is 13.2 Å². The van der Waals surface area contributed by atoms with Gasteiger partial charge in [0.05, 0.1) is 18.2 Å². The van der Waals surface area contributed by atoms with Crippen LogP contribution in [0.2, 0.25) is 0 Å². The fourth-order valence-corrected chi connectivity index (χ4v) is 1.33. The van der Waals surface area contributed by atoms with Crippen molar-refractivity contribution >= 4 is 0 Å². The summed E-state index contributed by atoms with van der Waals surface area (Å²) in [7, 11) is 1.68. The Bertz CT molecular complexity index is 393. The lowest BCUT2D eigenvalue weighted by Crippen LogP contribution is -2.18. The van der Waals surface area contributed by atoms with E-state index in [-0.39, 0.29) is 6.54 Å². The fraction of sp³-hybridized carbons (Fsp3) is 0.364. The van der Waals surface area contributed by atoms with Crippen molar-refractivity contribution in [3.8, 4) is 6.07 Å². The Morgan fingerprint density at radius 1 is 1.38 bits per heavy atom. The largest absolute Gasteiger partial charge is 0.416 e. The van der Waals surface area contributed by atoms with E-state index < -0.39 is 11.7 Å². The van der Waals surface area contributed by atoms with E-state index in [2.05, 4.69) is 0 Å². The predicted molar refractivity (Wildman–Crippen MR) is 53.4 cm³/mol. The lowest BCUT2D eigenvalue weighted by atomic mass is 10.1. The van der Waals surface area contributed by atoms with Crippen molar-refractivity contribution in [2.45, 2.75) is 12.7 Å². The molecule has 0 amide bonds. The summed E-state index contributed by atoms with van der Waals surface area (Å²) in [6.45, 7) is 0.522. The zero-order valence-corrected chi connectivity index (χ0v) is 8.75. The van der Waals surface area contributed by atoms with Gasteiger partial charge in [-0.2, -0.15) is 18.4 Å². The Hall–Kier alpha value is -1.54. The van der Waals surface area contributed by atoms with Crippen molar-refractivity contribution < 1.29 is 13.2 Å². The molecule has 2 nitrogen and oxygen atoms in total. The second kappa shape index (κ2) is 4.99. The molecule has 0 aliphatic rings. The van der Waals surface area contributed by atoms with Crippen LogP contribution < -0.4 is 0 Å². The number of hydrogen-bond acceptors (Lipinski definition) is 2. The van der Waals surface area contributed by atoms with Gasteiger partial charge in [0.15, 0.2) is 0 Å². The molecule has 0 radical (unpaired) electrons. The van der Waals surface area contributed by atoms with Crippen molar-refractivity contribution in [3.05, 3.63) is 35.4 Å². The van der Waals surface area contributed by atoms with E-state index in [9.17, 15) is 13.2 Å². The van der Waals surface area contributed by atoms with Crippen LogP contribution in [0.1, 0.15) is 11.1 Å². The minimum atomic E-state index is -4.32. The van der Waals surface area contributed by atoms with Crippen molar-refractivity contribution in [3.63, 3.8) is 0 Å². The molecule has 1 rings (SSSR count). The molecule has 1 aromatic carbocycles. The molecule has 0 saturated carbocycles. The first-order valence-electron chi connectivity index (χ1n) is 4.65. The van der Waals surface area contributed by atoms with Crippen LogP contribution in [-0.4, -0.2) is 18.5 Å². The van der Waals surface area contributed by atoms with Crippen LogP contribution in [-0.2, 0) is 12.7 Å². The Kier molecular flexibility index (Phi) is 3.91. The summed E-state index contributed by atoms with van der Waals surface area (Å²) in [6, 6.07) is 7.06. The molecule has 16 heavy (non-hydrogen) atoms. The molecule has 0 saturated heterocycles.